The van der Waals surface area contributed by atoms with Crippen molar-refractivity contribution in [2.45, 2.75) is 61.5 Å². The molecule has 0 aliphatic carbocycles. The minimum Gasteiger partial charge on any atom is -0.328 e. The molecule has 0 aliphatic rings. The van der Waals surface area contributed by atoms with Crippen LogP contribution in [0.5, 0.6) is 0 Å². The summed E-state index contributed by atoms with van der Waals surface area (Å²) in [5.41, 5.74) is 0.643. The highest BCUT2D eigenvalue weighted by Crippen LogP contribution is 2.30. The summed E-state index contributed by atoms with van der Waals surface area (Å²) in [5.74, 6) is 0.619. The van der Waals surface area contributed by atoms with Crippen molar-refractivity contribution in [2.24, 2.45) is 0 Å². The van der Waals surface area contributed by atoms with E-state index < -0.39 is 27.8 Å². The van der Waals surface area contributed by atoms with Gasteiger partial charge in [0.15, 0.2) is 0 Å². The second-order valence-corrected chi connectivity index (χ2v) is 9.84. The first kappa shape index (κ1) is 21.3. The summed E-state index contributed by atoms with van der Waals surface area (Å²) in [6.45, 7) is 5.91. The Labute approximate surface area is 167 Å². The van der Waals surface area contributed by atoms with E-state index in [0.29, 0.717) is 16.9 Å². The van der Waals surface area contributed by atoms with Gasteiger partial charge in [0.05, 0.1) is 20.8 Å². The quantitative estimate of drug-likeness (QED) is 0.583. The van der Waals surface area contributed by atoms with Crippen molar-refractivity contribution < 1.29 is 21.6 Å². The SMILES string of the molecule is CC(C)(C)c1nc2cc(S(=O)(=O)c3ccncc3)ccc2n1CCCC(F)(F)F. The zero-order chi connectivity index (χ0) is 21.4. The van der Waals surface area contributed by atoms with Gasteiger partial charge in [0.25, 0.3) is 0 Å². The van der Waals surface area contributed by atoms with Crippen LogP contribution in [0.4, 0.5) is 13.2 Å². The van der Waals surface area contributed by atoms with Gasteiger partial charge in [0, 0.05) is 30.8 Å². The van der Waals surface area contributed by atoms with Gasteiger partial charge in [0.1, 0.15) is 5.82 Å². The molecule has 0 N–H and O–H groups in total. The molecule has 29 heavy (non-hydrogen) atoms. The molecule has 0 spiro atoms. The minimum absolute atomic E-state index is 0.0743. The first-order chi connectivity index (χ1) is 13.4. The van der Waals surface area contributed by atoms with Gasteiger partial charge in [-0.25, -0.2) is 13.4 Å². The van der Waals surface area contributed by atoms with Gasteiger partial charge < -0.3 is 4.57 Å². The van der Waals surface area contributed by atoms with Crippen LogP contribution in [0.25, 0.3) is 11.0 Å². The normalized spacial score (nSPS) is 13.2. The number of imidazole rings is 1. The number of fused-ring (bicyclic) bond motifs is 1. The Bertz CT molecular complexity index is 1120. The van der Waals surface area contributed by atoms with E-state index in [-0.39, 0.29) is 22.8 Å². The molecule has 3 rings (SSSR count). The van der Waals surface area contributed by atoms with Gasteiger partial charge in [0.2, 0.25) is 9.84 Å². The van der Waals surface area contributed by atoms with Crippen LogP contribution in [0.15, 0.2) is 52.5 Å². The van der Waals surface area contributed by atoms with E-state index in [0.717, 1.165) is 0 Å². The number of alkyl halides is 3. The zero-order valence-corrected chi connectivity index (χ0v) is 17.2. The number of rotatable bonds is 5. The van der Waals surface area contributed by atoms with Crippen LogP contribution >= 0.6 is 0 Å². The van der Waals surface area contributed by atoms with E-state index in [1.54, 1.807) is 10.6 Å². The molecule has 5 nitrogen and oxygen atoms in total. The summed E-state index contributed by atoms with van der Waals surface area (Å²) in [4.78, 5) is 8.60. The zero-order valence-electron chi connectivity index (χ0n) is 16.4. The van der Waals surface area contributed by atoms with Gasteiger partial charge in [-0.1, -0.05) is 20.8 Å². The molecule has 0 unspecified atom stereocenters. The molecule has 2 aromatic heterocycles. The van der Waals surface area contributed by atoms with Gasteiger partial charge in [-0.2, -0.15) is 13.2 Å². The van der Waals surface area contributed by atoms with Crippen molar-refractivity contribution in [3.05, 3.63) is 48.5 Å². The Morgan fingerprint density at radius 1 is 1.00 bits per heavy atom. The molecule has 2 heterocycles. The first-order valence-electron chi connectivity index (χ1n) is 9.12. The molecule has 0 bridgehead atoms. The van der Waals surface area contributed by atoms with Crippen LogP contribution in [-0.4, -0.2) is 29.1 Å². The molecule has 0 saturated heterocycles. The fraction of sp³-hybridized carbons (Fsp3) is 0.400. The van der Waals surface area contributed by atoms with E-state index in [2.05, 4.69) is 9.97 Å². The van der Waals surface area contributed by atoms with Crippen LogP contribution < -0.4 is 0 Å². The summed E-state index contributed by atoms with van der Waals surface area (Å²) in [6.07, 6.45) is -2.37. The van der Waals surface area contributed by atoms with Crippen molar-refractivity contribution in [1.82, 2.24) is 14.5 Å². The van der Waals surface area contributed by atoms with Crippen molar-refractivity contribution >= 4 is 20.9 Å². The lowest BCUT2D eigenvalue weighted by atomic mass is 9.95. The van der Waals surface area contributed by atoms with E-state index in [9.17, 15) is 21.6 Å². The number of aromatic nitrogens is 3. The summed E-state index contributed by atoms with van der Waals surface area (Å²) in [6, 6.07) is 7.37. The molecule has 0 aliphatic heterocycles. The number of halogens is 3. The minimum atomic E-state index is -4.22. The lowest BCUT2D eigenvalue weighted by Gasteiger charge is -2.20. The van der Waals surface area contributed by atoms with Crippen LogP contribution in [0.2, 0.25) is 0 Å². The average molecular weight is 425 g/mol. The van der Waals surface area contributed by atoms with Crippen LogP contribution in [-0.2, 0) is 21.8 Å². The Kier molecular flexibility index (Phi) is 5.46. The number of sulfone groups is 1. The third-order valence-corrected chi connectivity index (χ3v) is 6.27. The molecule has 0 amide bonds. The summed E-state index contributed by atoms with van der Waals surface area (Å²) >= 11 is 0. The van der Waals surface area contributed by atoms with Crippen molar-refractivity contribution in [3.8, 4) is 0 Å². The van der Waals surface area contributed by atoms with Crippen LogP contribution in [0.1, 0.15) is 39.4 Å². The maximum atomic E-state index is 12.9. The number of benzene rings is 1. The topological polar surface area (TPSA) is 64.8 Å². The Balaban J connectivity index is 2.06. The van der Waals surface area contributed by atoms with Gasteiger partial charge in [-0.3, -0.25) is 4.98 Å². The number of hydrogen-bond acceptors (Lipinski definition) is 4. The molecular weight excluding hydrogens is 403 g/mol. The van der Waals surface area contributed by atoms with E-state index in [1.807, 2.05) is 20.8 Å². The smallest absolute Gasteiger partial charge is 0.328 e. The van der Waals surface area contributed by atoms with Crippen molar-refractivity contribution in [2.75, 3.05) is 0 Å². The number of aryl methyl sites for hydroxylation is 1. The van der Waals surface area contributed by atoms with Crippen LogP contribution in [0, 0.1) is 0 Å². The molecule has 3 aromatic rings. The second-order valence-electron chi connectivity index (χ2n) is 7.89. The van der Waals surface area contributed by atoms with Gasteiger partial charge in [-0.05, 0) is 36.8 Å². The molecule has 0 radical (unpaired) electrons. The second kappa shape index (κ2) is 7.44. The van der Waals surface area contributed by atoms with Gasteiger partial charge in [-0.15, -0.1) is 0 Å². The van der Waals surface area contributed by atoms with E-state index >= 15 is 0 Å². The highest BCUT2D eigenvalue weighted by atomic mass is 32.2. The Morgan fingerprint density at radius 2 is 1.66 bits per heavy atom. The molecule has 0 atom stereocenters. The third kappa shape index (κ3) is 4.60. The van der Waals surface area contributed by atoms with Crippen molar-refractivity contribution in [3.63, 3.8) is 0 Å². The number of nitrogens with zero attached hydrogens (tertiary/aromatic N) is 3. The summed E-state index contributed by atoms with van der Waals surface area (Å²) in [5, 5.41) is 0. The maximum absolute atomic E-state index is 12.9. The fourth-order valence-electron chi connectivity index (χ4n) is 3.17. The van der Waals surface area contributed by atoms with E-state index in [4.69, 9.17) is 0 Å². The summed E-state index contributed by atoms with van der Waals surface area (Å²) in [7, 11) is -3.74. The lowest BCUT2D eigenvalue weighted by molar-refractivity contribution is -0.135. The third-order valence-electron chi connectivity index (χ3n) is 4.50. The Morgan fingerprint density at radius 3 is 2.24 bits per heavy atom. The van der Waals surface area contributed by atoms with Gasteiger partial charge >= 0.3 is 6.18 Å². The lowest BCUT2D eigenvalue weighted by Crippen LogP contribution is -2.20. The van der Waals surface area contributed by atoms with E-state index in [1.165, 1.54) is 36.7 Å². The Hall–Kier alpha value is -2.42. The molecule has 0 fully saturated rings. The molecule has 1 aromatic carbocycles. The average Bonchev–Trinajstić information content (AvgIpc) is 3.00. The van der Waals surface area contributed by atoms with Crippen LogP contribution in [0.3, 0.4) is 0 Å². The molecule has 156 valence electrons. The fourth-order valence-corrected chi connectivity index (χ4v) is 4.43. The predicted octanol–water partition coefficient (Wildman–Crippen LogP) is 4.90. The highest BCUT2D eigenvalue weighted by Gasteiger charge is 2.28. The molecule has 0 saturated carbocycles. The molecular formula is C20H22F3N3O2S. The number of hydrogen-bond donors (Lipinski definition) is 0. The monoisotopic (exact) mass is 425 g/mol. The first-order valence-corrected chi connectivity index (χ1v) is 10.6. The van der Waals surface area contributed by atoms with Crippen molar-refractivity contribution in [1.29, 1.82) is 0 Å². The standard InChI is InChI=1S/C20H22F3N3O2S/c1-19(2,3)18-25-16-13-15(29(27,28)14-7-10-24-11-8-14)5-6-17(16)26(18)12-4-9-20(21,22)23/h5-8,10-11,13H,4,9,12H2,1-3H3. The summed E-state index contributed by atoms with van der Waals surface area (Å²) < 4.78 is 65.2. The molecule has 9 heteroatoms. The maximum Gasteiger partial charge on any atom is 0.389 e. The highest BCUT2D eigenvalue weighted by molar-refractivity contribution is 7.91. The number of pyridine rings is 1. The largest absolute Gasteiger partial charge is 0.389 e. The predicted molar refractivity (Wildman–Crippen MR) is 103 cm³/mol.